The molecule has 0 amide bonds. The third-order valence-electron chi connectivity index (χ3n) is 2.25. The number of carbonyl (C=O) groups is 1. The SMILES string of the molecule is Cc1cccc(Oc2ccc(Cl)c(C(=O)O)c2)n1. The lowest BCUT2D eigenvalue weighted by Crippen LogP contribution is -1.98. The summed E-state index contributed by atoms with van der Waals surface area (Å²) >= 11 is 5.77. The normalized spacial score (nSPS) is 10.1. The molecule has 0 saturated carbocycles. The molecule has 0 aliphatic heterocycles. The van der Waals surface area contributed by atoms with Gasteiger partial charge in [0.15, 0.2) is 0 Å². The van der Waals surface area contributed by atoms with Crippen LogP contribution in [-0.4, -0.2) is 16.1 Å². The fraction of sp³-hybridized carbons (Fsp3) is 0.0769. The predicted octanol–water partition coefficient (Wildman–Crippen LogP) is 3.53. The lowest BCUT2D eigenvalue weighted by atomic mass is 10.2. The third kappa shape index (κ3) is 2.78. The summed E-state index contributed by atoms with van der Waals surface area (Å²) in [5.41, 5.74) is 0.821. The zero-order valence-corrected chi connectivity index (χ0v) is 10.3. The van der Waals surface area contributed by atoms with E-state index in [-0.39, 0.29) is 10.6 Å². The summed E-state index contributed by atoms with van der Waals surface area (Å²) in [7, 11) is 0. The first-order valence-electron chi connectivity index (χ1n) is 5.20. The van der Waals surface area contributed by atoms with Crippen molar-refractivity contribution in [2.45, 2.75) is 6.92 Å². The minimum atomic E-state index is -1.09. The van der Waals surface area contributed by atoms with E-state index in [1.54, 1.807) is 12.1 Å². The van der Waals surface area contributed by atoms with Crippen LogP contribution in [0.1, 0.15) is 16.1 Å². The van der Waals surface area contributed by atoms with E-state index in [0.717, 1.165) is 5.69 Å². The van der Waals surface area contributed by atoms with E-state index in [1.807, 2.05) is 19.1 Å². The molecule has 1 heterocycles. The Balaban J connectivity index is 2.30. The number of carboxylic acid groups (broad SMARTS) is 1. The summed E-state index contributed by atoms with van der Waals surface area (Å²) < 4.78 is 5.47. The Bertz CT molecular complexity index is 599. The highest BCUT2D eigenvalue weighted by Gasteiger charge is 2.10. The number of aromatic nitrogens is 1. The van der Waals surface area contributed by atoms with Crippen LogP contribution in [0.2, 0.25) is 5.02 Å². The average Bonchev–Trinajstić information content (AvgIpc) is 2.31. The van der Waals surface area contributed by atoms with E-state index < -0.39 is 5.97 Å². The largest absolute Gasteiger partial charge is 0.478 e. The molecular weight excluding hydrogens is 254 g/mol. The summed E-state index contributed by atoms with van der Waals surface area (Å²) in [5, 5.41) is 9.12. The van der Waals surface area contributed by atoms with Gasteiger partial charge in [0, 0.05) is 11.8 Å². The number of carboxylic acids is 1. The number of nitrogens with zero attached hydrogens (tertiary/aromatic N) is 1. The first-order valence-corrected chi connectivity index (χ1v) is 5.58. The van der Waals surface area contributed by atoms with E-state index in [2.05, 4.69) is 4.98 Å². The molecule has 0 spiro atoms. The van der Waals surface area contributed by atoms with Gasteiger partial charge in [0.1, 0.15) is 5.75 Å². The van der Waals surface area contributed by atoms with Crippen LogP contribution in [-0.2, 0) is 0 Å². The topological polar surface area (TPSA) is 59.4 Å². The Morgan fingerprint density at radius 1 is 1.33 bits per heavy atom. The highest BCUT2D eigenvalue weighted by atomic mass is 35.5. The van der Waals surface area contributed by atoms with Crippen LogP contribution in [0.3, 0.4) is 0 Å². The molecule has 0 aliphatic carbocycles. The van der Waals surface area contributed by atoms with Crippen molar-refractivity contribution in [2.24, 2.45) is 0 Å². The van der Waals surface area contributed by atoms with Gasteiger partial charge < -0.3 is 9.84 Å². The molecule has 5 heteroatoms. The molecule has 1 N–H and O–H groups in total. The van der Waals surface area contributed by atoms with Gasteiger partial charge in [0.25, 0.3) is 0 Å². The first kappa shape index (κ1) is 12.4. The van der Waals surface area contributed by atoms with E-state index in [1.165, 1.54) is 12.1 Å². The van der Waals surface area contributed by atoms with Crippen molar-refractivity contribution in [1.82, 2.24) is 4.98 Å². The standard InChI is InChI=1S/C13H10ClNO3/c1-8-3-2-4-12(15-8)18-9-5-6-11(14)10(7-9)13(16)17/h2-7H,1H3,(H,16,17). The number of hydrogen-bond donors (Lipinski definition) is 1. The first-order chi connectivity index (χ1) is 8.56. The molecule has 2 rings (SSSR count). The van der Waals surface area contributed by atoms with Gasteiger partial charge in [-0.05, 0) is 31.2 Å². The van der Waals surface area contributed by atoms with Crippen molar-refractivity contribution in [3.63, 3.8) is 0 Å². The van der Waals surface area contributed by atoms with E-state index in [9.17, 15) is 4.79 Å². The van der Waals surface area contributed by atoms with Gasteiger partial charge in [-0.3, -0.25) is 0 Å². The van der Waals surface area contributed by atoms with Gasteiger partial charge in [-0.1, -0.05) is 17.7 Å². The van der Waals surface area contributed by atoms with Crippen LogP contribution >= 0.6 is 11.6 Å². The van der Waals surface area contributed by atoms with Crippen LogP contribution in [0, 0.1) is 6.92 Å². The maximum atomic E-state index is 10.9. The molecule has 0 fully saturated rings. The molecule has 4 nitrogen and oxygen atoms in total. The molecule has 2 aromatic rings. The molecular formula is C13H10ClNO3. The molecule has 92 valence electrons. The molecule has 0 radical (unpaired) electrons. The van der Waals surface area contributed by atoms with Gasteiger partial charge >= 0.3 is 5.97 Å². The highest BCUT2D eigenvalue weighted by Crippen LogP contribution is 2.25. The lowest BCUT2D eigenvalue weighted by molar-refractivity contribution is 0.0696. The Morgan fingerprint density at radius 3 is 2.78 bits per heavy atom. The maximum absolute atomic E-state index is 10.9. The van der Waals surface area contributed by atoms with Crippen molar-refractivity contribution in [3.05, 3.63) is 52.7 Å². The number of halogens is 1. The van der Waals surface area contributed by atoms with E-state index >= 15 is 0 Å². The van der Waals surface area contributed by atoms with Gasteiger partial charge in [-0.15, -0.1) is 0 Å². The summed E-state index contributed by atoms with van der Waals surface area (Å²) in [6.45, 7) is 1.84. The fourth-order valence-electron chi connectivity index (χ4n) is 1.43. The lowest BCUT2D eigenvalue weighted by Gasteiger charge is -2.06. The van der Waals surface area contributed by atoms with Crippen LogP contribution in [0.4, 0.5) is 0 Å². The molecule has 1 aromatic carbocycles. The van der Waals surface area contributed by atoms with Crippen molar-refractivity contribution in [1.29, 1.82) is 0 Å². The van der Waals surface area contributed by atoms with Gasteiger partial charge in [0.2, 0.25) is 5.88 Å². The van der Waals surface area contributed by atoms with Crippen molar-refractivity contribution >= 4 is 17.6 Å². The maximum Gasteiger partial charge on any atom is 0.337 e. The number of aryl methyl sites for hydroxylation is 1. The zero-order chi connectivity index (χ0) is 13.1. The highest BCUT2D eigenvalue weighted by molar-refractivity contribution is 6.33. The summed E-state index contributed by atoms with van der Waals surface area (Å²) in [5.74, 6) is -0.300. The van der Waals surface area contributed by atoms with Gasteiger partial charge in [-0.2, -0.15) is 0 Å². The van der Waals surface area contributed by atoms with Crippen molar-refractivity contribution < 1.29 is 14.6 Å². The Hall–Kier alpha value is -2.07. The second-order valence-corrected chi connectivity index (χ2v) is 4.07. The van der Waals surface area contributed by atoms with Crippen LogP contribution in [0.25, 0.3) is 0 Å². The smallest absolute Gasteiger partial charge is 0.337 e. The summed E-state index contributed by atoms with van der Waals surface area (Å²) in [6, 6.07) is 9.80. The minimum Gasteiger partial charge on any atom is -0.478 e. The van der Waals surface area contributed by atoms with Gasteiger partial charge in [0.05, 0.1) is 10.6 Å². The van der Waals surface area contributed by atoms with Crippen LogP contribution in [0.5, 0.6) is 11.6 Å². The second-order valence-electron chi connectivity index (χ2n) is 3.67. The molecule has 0 unspecified atom stereocenters. The summed E-state index contributed by atoms with van der Waals surface area (Å²) in [4.78, 5) is 15.1. The number of ether oxygens (including phenoxy) is 1. The number of rotatable bonds is 3. The molecule has 0 atom stereocenters. The van der Waals surface area contributed by atoms with Crippen molar-refractivity contribution in [3.8, 4) is 11.6 Å². The Kier molecular flexibility index (Phi) is 3.48. The number of hydrogen-bond acceptors (Lipinski definition) is 3. The average molecular weight is 264 g/mol. The molecule has 0 bridgehead atoms. The monoisotopic (exact) mass is 263 g/mol. The number of pyridine rings is 1. The molecule has 1 aromatic heterocycles. The van der Waals surface area contributed by atoms with Gasteiger partial charge in [-0.25, -0.2) is 9.78 Å². The molecule has 18 heavy (non-hydrogen) atoms. The number of aromatic carboxylic acids is 1. The van der Waals surface area contributed by atoms with Crippen molar-refractivity contribution in [2.75, 3.05) is 0 Å². The Morgan fingerprint density at radius 2 is 2.11 bits per heavy atom. The van der Waals surface area contributed by atoms with E-state index in [4.69, 9.17) is 21.4 Å². The zero-order valence-electron chi connectivity index (χ0n) is 9.55. The number of benzene rings is 1. The Labute approximate surface area is 109 Å². The third-order valence-corrected chi connectivity index (χ3v) is 2.58. The predicted molar refractivity (Wildman–Crippen MR) is 67.5 cm³/mol. The minimum absolute atomic E-state index is 0.00168. The second kappa shape index (κ2) is 5.06. The molecule has 0 aliphatic rings. The van der Waals surface area contributed by atoms with E-state index in [0.29, 0.717) is 11.6 Å². The fourth-order valence-corrected chi connectivity index (χ4v) is 1.63. The molecule has 0 saturated heterocycles. The summed E-state index contributed by atoms with van der Waals surface area (Å²) in [6.07, 6.45) is 0. The quantitative estimate of drug-likeness (QED) is 0.920. The van der Waals surface area contributed by atoms with Crippen LogP contribution in [0.15, 0.2) is 36.4 Å². The van der Waals surface area contributed by atoms with Crippen LogP contribution < -0.4 is 4.74 Å².